The standard InChI is InChI=1S/C14H12ClN3O/c1-19-14-7-11(2-4-12(14)15)18-10-3-5-13(17)9(6-10)8-16/h2-7,18H,17H2,1H3. The Balaban J connectivity index is 2.29. The second kappa shape index (κ2) is 5.51. The number of anilines is 3. The van der Waals surface area contributed by atoms with Crippen molar-refractivity contribution < 1.29 is 4.74 Å². The number of hydrogen-bond acceptors (Lipinski definition) is 4. The molecule has 0 aromatic heterocycles. The fourth-order valence-corrected chi connectivity index (χ4v) is 1.83. The molecular formula is C14H12ClN3O. The number of nitrogen functional groups attached to an aromatic ring is 1. The van der Waals surface area contributed by atoms with Gasteiger partial charge in [0.25, 0.3) is 0 Å². The van der Waals surface area contributed by atoms with Crippen LogP contribution in [0.5, 0.6) is 5.75 Å². The third-order valence-corrected chi connectivity index (χ3v) is 2.93. The molecule has 0 fully saturated rings. The highest BCUT2D eigenvalue weighted by Gasteiger charge is 2.04. The van der Waals surface area contributed by atoms with Crippen LogP contribution in [0, 0.1) is 11.3 Å². The van der Waals surface area contributed by atoms with E-state index in [4.69, 9.17) is 27.3 Å². The molecule has 0 atom stereocenters. The molecule has 0 heterocycles. The minimum Gasteiger partial charge on any atom is -0.495 e. The van der Waals surface area contributed by atoms with Gasteiger partial charge in [0.15, 0.2) is 0 Å². The van der Waals surface area contributed by atoms with Crippen LogP contribution < -0.4 is 15.8 Å². The summed E-state index contributed by atoms with van der Waals surface area (Å²) in [5.74, 6) is 0.586. The predicted molar refractivity (Wildman–Crippen MR) is 76.9 cm³/mol. The lowest BCUT2D eigenvalue weighted by molar-refractivity contribution is 0.415. The average Bonchev–Trinajstić information content (AvgIpc) is 2.43. The third kappa shape index (κ3) is 2.90. The number of nitriles is 1. The lowest BCUT2D eigenvalue weighted by Gasteiger charge is -2.10. The number of ether oxygens (including phenoxy) is 1. The maximum atomic E-state index is 8.93. The summed E-state index contributed by atoms with van der Waals surface area (Å²) in [6.45, 7) is 0. The molecule has 96 valence electrons. The van der Waals surface area contributed by atoms with Crippen LogP contribution in [0.3, 0.4) is 0 Å². The summed E-state index contributed by atoms with van der Waals surface area (Å²) in [5.41, 5.74) is 8.16. The fraction of sp³-hybridized carbons (Fsp3) is 0.0714. The molecule has 2 aromatic rings. The number of halogens is 1. The highest BCUT2D eigenvalue weighted by molar-refractivity contribution is 6.32. The van der Waals surface area contributed by atoms with Crippen LogP contribution in [0.15, 0.2) is 36.4 Å². The van der Waals surface area contributed by atoms with Gasteiger partial charge in [-0.3, -0.25) is 0 Å². The van der Waals surface area contributed by atoms with E-state index in [-0.39, 0.29) is 0 Å². The molecule has 3 N–H and O–H groups in total. The zero-order chi connectivity index (χ0) is 13.8. The Morgan fingerprint density at radius 3 is 2.58 bits per heavy atom. The minimum absolute atomic E-state index is 0.436. The Bertz CT molecular complexity index is 650. The van der Waals surface area contributed by atoms with Crippen LogP contribution in [0.1, 0.15) is 5.56 Å². The van der Waals surface area contributed by atoms with E-state index in [0.717, 1.165) is 11.4 Å². The number of rotatable bonds is 3. The Morgan fingerprint density at radius 1 is 1.21 bits per heavy atom. The van der Waals surface area contributed by atoms with Crippen molar-refractivity contribution in [1.29, 1.82) is 5.26 Å². The molecule has 0 saturated carbocycles. The summed E-state index contributed by atoms with van der Waals surface area (Å²) in [5, 5.41) is 12.6. The molecule has 0 unspecified atom stereocenters. The molecule has 0 amide bonds. The first-order chi connectivity index (χ1) is 9.13. The summed E-state index contributed by atoms with van der Waals surface area (Å²) in [6, 6.07) is 12.6. The first kappa shape index (κ1) is 13.1. The summed E-state index contributed by atoms with van der Waals surface area (Å²) in [7, 11) is 1.56. The van der Waals surface area contributed by atoms with Crippen LogP contribution in [0.25, 0.3) is 0 Å². The van der Waals surface area contributed by atoms with Gasteiger partial charge in [0.1, 0.15) is 11.8 Å². The average molecular weight is 274 g/mol. The van der Waals surface area contributed by atoms with Crippen LogP contribution in [-0.4, -0.2) is 7.11 Å². The topological polar surface area (TPSA) is 71.1 Å². The molecule has 0 aliphatic rings. The summed E-state index contributed by atoms with van der Waals surface area (Å²) >= 11 is 5.96. The molecule has 0 aliphatic carbocycles. The summed E-state index contributed by atoms with van der Waals surface area (Å²) in [4.78, 5) is 0. The van der Waals surface area contributed by atoms with E-state index in [2.05, 4.69) is 5.32 Å². The van der Waals surface area contributed by atoms with Gasteiger partial charge >= 0.3 is 0 Å². The summed E-state index contributed by atoms with van der Waals surface area (Å²) in [6.07, 6.45) is 0. The highest BCUT2D eigenvalue weighted by Crippen LogP contribution is 2.29. The van der Waals surface area contributed by atoms with Gasteiger partial charge in [0.2, 0.25) is 0 Å². The fourth-order valence-electron chi connectivity index (χ4n) is 1.64. The van der Waals surface area contributed by atoms with Gasteiger partial charge < -0.3 is 15.8 Å². The number of nitrogens with two attached hydrogens (primary N) is 1. The van der Waals surface area contributed by atoms with E-state index in [1.54, 1.807) is 37.4 Å². The van der Waals surface area contributed by atoms with E-state index in [9.17, 15) is 0 Å². The highest BCUT2D eigenvalue weighted by atomic mass is 35.5. The third-order valence-electron chi connectivity index (χ3n) is 2.61. The smallest absolute Gasteiger partial charge is 0.139 e. The van der Waals surface area contributed by atoms with Crippen molar-refractivity contribution in [2.45, 2.75) is 0 Å². The molecule has 2 aromatic carbocycles. The van der Waals surface area contributed by atoms with Crippen molar-refractivity contribution >= 4 is 28.7 Å². The van der Waals surface area contributed by atoms with Gasteiger partial charge in [0.05, 0.1) is 17.7 Å². The second-order valence-corrected chi connectivity index (χ2v) is 4.30. The number of methoxy groups -OCH3 is 1. The minimum atomic E-state index is 0.436. The number of hydrogen-bond donors (Lipinski definition) is 2. The molecule has 0 spiro atoms. The lowest BCUT2D eigenvalue weighted by Crippen LogP contribution is -1.95. The molecule has 0 saturated heterocycles. The first-order valence-corrected chi connectivity index (χ1v) is 5.92. The van der Waals surface area contributed by atoms with Crippen molar-refractivity contribution in [3.8, 4) is 11.8 Å². The Morgan fingerprint density at radius 2 is 1.89 bits per heavy atom. The SMILES string of the molecule is COc1cc(Nc2ccc(N)c(C#N)c2)ccc1Cl. The van der Waals surface area contributed by atoms with Crippen LogP contribution in [-0.2, 0) is 0 Å². The van der Waals surface area contributed by atoms with Gasteiger partial charge in [-0.05, 0) is 30.3 Å². The van der Waals surface area contributed by atoms with E-state index in [0.29, 0.717) is 22.0 Å². The Kier molecular flexibility index (Phi) is 3.79. The zero-order valence-corrected chi connectivity index (χ0v) is 11.0. The maximum Gasteiger partial charge on any atom is 0.139 e. The molecule has 4 nitrogen and oxygen atoms in total. The number of nitrogens with one attached hydrogen (secondary N) is 1. The first-order valence-electron chi connectivity index (χ1n) is 5.54. The van der Waals surface area contributed by atoms with E-state index < -0.39 is 0 Å². The molecule has 0 aliphatic heterocycles. The molecule has 0 bridgehead atoms. The molecule has 0 radical (unpaired) electrons. The van der Waals surface area contributed by atoms with E-state index in [1.165, 1.54) is 0 Å². The lowest BCUT2D eigenvalue weighted by atomic mass is 10.1. The van der Waals surface area contributed by atoms with Gasteiger partial charge in [-0.25, -0.2) is 0 Å². The van der Waals surface area contributed by atoms with Crippen molar-refractivity contribution in [3.63, 3.8) is 0 Å². The van der Waals surface area contributed by atoms with E-state index in [1.807, 2.05) is 12.1 Å². The van der Waals surface area contributed by atoms with Gasteiger partial charge in [-0.1, -0.05) is 11.6 Å². The quantitative estimate of drug-likeness (QED) is 0.839. The Labute approximate surface area is 116 Å². The molecule has 19 heavy (non-hydrogen) atoms. The van der Waals surface area contributed by atoms with Crippen molar-refractivity contribution in [1.82, 2.24) is 0 Å². The van der Waals surface area contributed by atoms with Crippen LogP contribution >= 0.6 is 11.6 Å². The van der Waals surface area contributed by atoms with Crippen LogP contribution in [0.4, 0.5) is 17.1 Å². The molecule has 5 heteroatoms. The summed E-state index contributed by atoms with van der Waals surface area (Å²) < 4.78 is 5.14. The largest absolute Gasteiger partial charge is 0.495 e. The Hall–Kier alpha value is -2.38. The van der Waals surface area contributed by atoms with Crippen molar-refractivity contribution in [3.05, 3.63) is 47.0 Å². The maximum absolute atomic E-state index is 8.93. The van der Waals surface area contributed by atoms with Crippen molar-refractivity contribution in [2.75, 3.05) is 18.2 Å². The zero-order valence-electron chi connectivity index (χ0n) is 10.3. The van der Waals surface area contributed by atoms with Crippen molar-refractivity contribution in [2.24, 2.45) is 0 Å². The second-order valence-electron chi connectivity index (χ2n) is 3.89. The van der Waals surface area contributed by atoms with E-state index >= 15 is 0 Å². The number of benzene rings is 2. The molecular weight excluding hydrogens is 262 g/mol. The van der Waals surface area contributed by atoms with Gasteiger partial charge in [0, 0.05) is 23.1 Å². The van der Waals surface area contributed by atoms with Gasteiger partial charge in [-0.2, -0.15) is 5.26 Å². The van der Waals surface area contributed by atoms with Gasteiger partial charge in [-0.15, -0.1) is 0 Å². The normalized spacial score (nSPS) is 9.74. The van der Waals surface area contributed by atoms with Crippen LogP contribution in [0.2, 0.25) is 5.02 Å². The number of nitrogens with zero attached hydrogens (tertiary/aromatic N) is 1. The monoisotopic (exact) mass is 273 g/mol. The predicted octanol–water partition coefficient (Wildman–Crippen LogP) is 3.55. The molecule has 2 rings (SSSR count).